The molecule has 2 amide bonds. The van der Waals surface area contributed by atoms with E-state index in [4.69, 9.17) is 15.9 Å². The van der Waals surface area contributed by atoms with Gasteiger partial charge in [0.05, 0.1) is 0 Å². The van der Waals surface area contributed by atoms with Crippen LogP contribution in [0.25, 0.3) is 0 Å². The fourth-order valence-corrected chi connectivity index (χ4v) is 0. The van der Waals surface area contributed by atoms with E-state index in [2.05, 4.69) is 0 Å². The van der Waals surface area contributed by atoms with E-state index in [-0.39, 0.29) is 0 Å². The van der Waals surface area contributed by atoms with Crippen molar-refractivity contribution in [1.29, 1.82) is 5.41 Å². The molecule has 0 spiro atoms. The number of hydrogen-bond donors (Lipinski definition) is 2. The number of nitrogens with zero attached hydrogens (tertiary/aromatic N) is 1. The predicted octanol–water partition coefficient (Wildman–Crippen LogP) is -0.472. The van der Waals surface area contributed by atoms with Crippen LogP contribution in [0.1, 0.15) is 0 Å². The molecule has 0 saturated carbocycles. The Kier molecular flexibility index (Phi) is 7.83. The molecule has 0 unspecified atom stereocenters. The first-order chi connectivity index (χ1) is 4.06. The third-order valence-corrected chi connectivity index (χ3v) is 0.441. The Balaban J connectivity index is 0. The highest BCUT2D eigenvalue weighted by atomic mass is 16.2. The van der Waals surface area contributed by atoms with Crippen LogP contribution in [0, 0.1) is 5.41 Å². The van der Waals surface area contributed by atoms with E-state index in [9.17, 15) is 4.79 Å². The molecule has 0 fully saturated rings. The summed E-state index contributed by atoms with van der Waals surface area (Å²) in [6, 6.07) is -0.407. The van der Waals surface area contributed by atoms with Crippen LogP contribution in [0.5, 0.6) is 0 Å². The molecule has 0 aromatic rings. The molecule has 0 aromatic heterocycles. The number of carbonyl (C=O) groups is 1. The Labute approximate surface area is 52.9 Å². The highest BCUT2D eigenvalue weighted by Gasteiger charge is 1.88. The maximum Gasteiger partial charge on any atom is 0.314 e. The molecule has 5 nitrogen and oxygen atoms in total. The van der Waals surface area contributed by atoms with E-state index >= 15 is 0 Å². The summed E-state index contributed by atoms with van der Waals surface area (Å²) in [4.78, 5) is 19.5. The van der Waals surface area contributed by atoms with Gasteiger partial charge in [-0.05, 0) is 0 Å². The number of amides is 2. The maximum absolute atomic E-state index is 9.85. The summed E-state index contributed by atoms with van der Waals surface area (Å²) in [5.41, 5.74) is 4.72. The summed E-state index contributed by atoms with van der Waals surface area (Å²) in [6.45, 7) is 0. The normalized spacial score (nSPS) is 6.00. The Bertz CT molecular complexity index is 115. The van der Waals surface area contributed by atoms with Gasteiger partial charge in [-0.2, -0.15) is 0 Å². The first-order valence-corrected chi connectivity index (χ1v) is 2.06. The van der Waals surface area contributed by atoms with E-state index in [1.807, 2.05) is 0 Å². The van der Waals surface area contributed by atoms with Gasteiger partial charge in [-0.1, -0.05) is 0 Å². The average Bonchev–Trinajstić information content (AvgIpc) is 1.68. The van der Waals surface area contributed by atoms with Gasteiger partial charge in [0.1, 0.15) is 0 Å². The fraction of sp³-hybridized carbons (Fsp3) is 0.500. The number of primary amides is 1. The van der Waals surface area contributed by atoms with E-state index < -0.39 is 6.03 Å². The molecule has 0 atom stereocenters. The molecule has 0 aliphatic carbocycles. The van der Waals surface area contributed by atoms with Crippen molar-refractivity contribution in [3.63, 3.8) is 0 Å². The Morgan fingerprint density at radius 2 is 1.78 bits per heavy atom. The van der Waals surface area contributed by atoms with Crippen LogP contribution in [0.15, 0.2) is 0 Å². The monoisotopic (exact) mass is 131 g/mol. The van der Waals surface area contributed by atoms with Crippen molar-refractivity contribution in [2.75, 3.05) is 14.1 Å². The van der Waals surface area contributed by atoms with E-state index in [0.717, 1.165) is 6.08 Å². The van der Waals surface area contributed by atoms with Crippen LogP contribution in [-0.4, -0.2) is 31.1 Å². The van der Waals surface area contributed by atoms with Gasteiger partial charge in [-0.15, -0.1) is 0 Å². The molecule has 0 aromatic carbocycles. The average molecular weight is 131 g/mol. The topological polar surface area (TPSA) is 87.2 Å². The number of nitrogens with two attached hydrogens (primary N) is 1. The third-order valence-electron chi connectivity index (χ3n) is 0.441. The minimum atomic E-state index is -0.407. The van der Waals surface area contributed by atoms with Gasteiger partial charge in [0, 0.05) is 14.1 Å². The molecular formula is C4H9N3O2. The number of hydrogen-bond acceptors (Lipinski definition) is 3. The van der Waals surface area contributed by atoms with Gasteiger partial charge in [0.2, 0.25) is 6.08 Å². The van der Waals surface area contributed by atoms with Crippen molar-refractivity contribution in [2.45, 2.75) is 0 Å². The number of carbonyl (C=O) groups excluding carboxylic acids is 2. The molecule has 0 radical (unpaired) electrons. The standard InChI is InChI=1S/C3H8N2O.CHNO/c1-5(2)3(4)6;2-1-3/h1-2H3,(H2,4,6);2H. The molecule has 9 heavy (non-hydrogen) atoms. The molecule has 0 bridgehead atoms. The van der Waals surface area contributed by atoms with E-state index in [0.29, 0.717) is 0 Å². The summed E-state index contributed by atoms with van der Waals surface area (Å²) in [7, 11) is 3.20. The van der Waals surface area contributed by atoms with Crippen molar-refractivity contribution >= 4 is 12.1 Å². The molecule has 0 saturated heterocycles. The quantitative estimate of drug-likeness (QED) is 0.344. The summed E-state index contributed by atoms with van der Waals surface area (Å²) in [6.07, 6.45) is 0.750. The lowest BCUT2D eigenvalue weighted by molar-refractivity contribution is 0.227. The molecule has 52 valence electrons. The van der Waals surface area contributed by atoms with Crippen LogP contribution in [0.4, 0.5) is 4.79 Å². The second-order valence-corrected chi connectivity index (χ2v) is 1.33. The molecular weight excluding hydrogens is 122 g/mol. The zero-order valence-electron chi connectivity index (χ0n) is 5.34. The summed E-state index contributed by atoms with van der Waals surface area (Å²) >= 11 is 0. The van der Waals surface area contributed by atoms with E-state index in [1.54, 1.807) is 14.1 Å². The van der Waals surface area contributed by atoms with Gasteiger partial charge in [-0.3, -0.25) is 0 Å². The number of isocyanates is 1. The van der Waals surface area contributed by atoms with Crippen LogP contribution in [-0.2, 0) is 4.79 Å². The zero-order valence-corrected chi connectivity index (χ0v) is 5.34. The SMILES string of the molecule is CN(C)C(N)=O.N=C=O. The second-order valence-electron chi connectivity index (χ2n) is 1.33. The van der Waals surface area contributed by atoms with Crippen molar-refractivity contribution in [2.24, 2.45) is 5.73 Å². The summed E-state index contributed by atoms with van der Waals surface area (Å²) < 4.78 is 0. The first-order valence-electron chi connectivity index (χ1n) is 2.06. The molecule has 5 heteroatoms. The molecule has 0 heterocycles. The van der Waals surface area contributed by atoms with E-state index in [1.165, 1.54) is 4.90 Å². The minimum absolute atomic E-state index is 0.407. The predicted molar refractivity (Wildman–Crippen MR) is 31.7 cm³/mol. The van der Waals surface area contributed by atoms with Crippen LogP contribution in [0.2, 0.25) is 0 Å². The molecule has 0 aliphatic rings. The highest BCUT2D eigenvalue weighted by molar-refractivity contribution is 5.71. The van der Waals surface area contributed by atoms with Gasteiger partial charge >= 0.3 is 6.03 Å². The summed E-state index contributed by atoms with van der Waals surface area (Å²) in [5, 5.41) is 5.40. The minimum Gasteiger partial charge on any atom is -0.352 e. The van der Waals surface area contributed by atoms with Crippen LogP contribution in [0.3, 0.4) is 0 Å². The Morgan fingerprint density at radius 3 is 1.78 bits per heavy atom. The highest BCUT2D eigenvalue weighted by Crippen LogP contribution is 1.65. The smallest absolute Gasteiger partial charge is 0.314 e. The lowest BCUT2D eigenvalue weighted by atomic mass is 10.9. The number of urea groups is 1. The van der Waals surface area contributed by atoms with Gasteiger partial charge in [-0.25, -0.2) is 15.0 Å². The van der Waals surface area contributed by atoms with Gasteiger partial charge in [0.25, 0.3) is 0 Å². The lowest BCUT2D eigenvalue weighted by Gasteiger charge is -2.01. The molecule has 0 rings (SSSR count). The lowest BCUT2D eigenvalue weighted by Crippen LogP contribution is -2.27. The first kappa shape index (κ1) is 10.6. The van der Waals surface area contributed by atoms with Crippen molar-refractivity contribution in [1.82, 2.24) is 4.90 Å². The summed E-state index contributed by atoms with van der Waals surface area (Å²) in [5.74, 6) is 0. The van der Waals surface area contributed by atoms with Gasteiger partial charge < -0.3 is 10.6 Å². The Morgan fingerprint density at radius 1 is 1.67 bits per heavy atom. The van der Waals surface area contributed by atoms with Crippen molar-refractivity contribution in [3.05, 3.63) is 0 Å². The Hall–Kier alpha value is -1.35. The van der Waals surface area contributed by atoms with Crippen LogP contribution < -0.4 is 5.73 Å². The second kappa shape index (κ2) is 6.65. The van der Waals surface area contributed by atoms with Gasteiger partial charge in [0.15, 0.2) is 0 Å². The maximum atomic E-state index is 9.85. The largest absolute Gasteiger partial charge is 0.352 e. The van der Waals surface area contributed by atoms with Crippen molar-refractivity contribution in [3.8, 4) is 0 Å². The zero-order chi connectivity index (χ0) is 7.86. The van der Waals surface area contributed by atoms with Crippen molar-refractivity contribution < 1.29 is 9.59 Å². The molecule has 3 N–H and O–H groups in total. The fourth-order valence-electron chi connectivity index (χ4n) is 0. The number of rotatable bonds is 0. The molecule has 0 aliphatic heterocycles. The number of nitrogens with one attached hydrogen (secondary N) is 1. The van der Waals surface area contributed by atoms with Crippen LogP contribution >= 0.6 is 0 Å². The third kappa shape index (κ3) is 20.5.